The number of hydrogen-bond donors (Lipinski definition) is 2. The first-order chi connectivity index (χ1) is 8.97. The molecule has 1 aromatic rings. The van der Waals surface area contributed by atoms with E-state index in [4.69, 9.17) is 0 Å². The first-order valence-corrected chi connectivity index (χ1v) is 7.26. The van der Waals surface area contributed by atoms with Gasteiger partial charge in [0.2, 0.25) is 5.91 Å². The summed E-state index contributed by atoms with van der Waals surface area (Å²) in [6.07, 6.45) is 1.94. The smallest absolute Gasteiger partial charge is 0.241 e. The number of carbonyl (C=O) groups excluding carboxylic acids is 1. The highest BCUT2D eigenvalue weighted by Crippen LogP contribution is 2.25. The lowest BCUT2D eigenvalue weighted by Gasteiger charge is -2.27. The molecule has 0 radical (unpaired) electrons. The number of halogens is 2. The van der Waals surface area contributed by atoms with Gasteiger partial charge in [0, 0.05) is 5.69 Å². The maximum atomic E-state index is 13.3. The second-order valence-electron chi connectivity index (χ2n) is 5.21. The molecule has 1 saturated heterocycles. The summed E-state index contributed by atoms with van der Waals surface area (Å²) in [4.78, 5) is 12.2. The average molecular weight is 329 g/mol. The summed E-state index contributed by atoms with van der Waals surface area (Å²) in [6.45, 7) is 4.80. The molecule has 0 aliphatic carbocycles. The van der Waals surface area contributed by atoms with Crippen molar-refractivity contribution in [2.75, 3.05) is 11.9 Å². The third kappa shape index (κ3) is 3.54. The van der Waals surface area contributed by atoms with Crippen molar-refractivity contribution in [3.63, 3.8) is 0 Å². The fraction of sp³-hybridized carbons (Fsp3) is 0.500. The Morgan fingerprint density at radius 3 is 2.95 bits per heavy atom. The van der Waals surface area contributed by atoms with Crippen LogP contribution < -0.4 is 10.6 Å². The molecular weight excluding hydrogens is 311 g/mol. The molecule has 2 N–H and O–H groups in total. The predicted molar refractivity (Wildman–Crippen MR) is 77.7 cm³/mol. The Hall–Kier alpha value is -0.940. The van der Waals surface area contributed by atoms with Gasteiger partial charge in [0.15, 0.2) is 0 Å². The monoisotopic (exact) mass is 328 g/mol. The standard InChI is InChI=1S/C14H18BrFN2O/c1-8-3-4-17-13(5-8)14(19)18-12-7-10(15)11(16)6-9(12)2/h6-8,13,17H,3-5H2,1-2H3,(H,18,19). The zero-order chi connectivity index (χ0) is 14.0. The summed E-state index contributed by atoms with van der Waals surface area (Å²) >= 11 is 3.13. The number of benzene rings is 1. The Balaban J connectivity index is 2.08. The fourth-order valence-corrected chi connectivity index (χ4v) is 2.65. The first-order valence-electron chi connectivity index (χ1n) is 6.47. The Morgan fingerprint density at radius 2 is 2.26 bits per heavy atom. The zero-order valence-corrected chi connectivity index (χ0v) is 12.7. The SMILES string of the molecule is Cc1cc(F)c(Br)cc1NC(=O)C1CC(C)CCN1. The van der Waals surface area contributed by atoms with E-state index in [-0.39, 0.29) is 17.8 Å². The predicted octanol–water partition coefficient (Wildman–Crippen LogP) is 3.22. The van der Waals surface area contributed by atoms with Gasteiger partial charge in [-0.25, -0.2) is 4.39 Å². The first kappa shape index (κ1) is 14.5. The summed E-state index contributed by atoms with van der Waals surface area (Å²) in [7, 11) is 0. The van der Waals surface area contributed by atoms with Crippen LogP contribution in [0, 0.1) is 18.7 Å². The van der Waals surface area contributed by atoms with E-state index in [2.05, 4.69) is 33.5 Å². The van der Waals surface area contributed by atoms with Crippen LogP contribution in [0.4, 0.5) is 10.1 Å². The number of hydrogen-bond acceptors (Lipinski definition) is 2. The number of rotatable bonds is 2. The Bertz CT molecular complexity index is 493. The molecule has 104 valence electrons. The van der Waals surface area contributed by atoms with Gasteiger partial charge in [-0.15, -0.1) is 0 Å². The molecule has 5 heteroatoms. The van der Waals surface area contributed by atoms with Gasteiger partial charge >= 0.3 is 0 Å². The lowest BCUT2D eigenvalue weighted by Crippen LogP contribution is -2.45. The molecule has 1 amide bonds. The lowest BCUT2D eigenvalue weighted by molar-refractivity contribution is -0.119. The molecule has 3 nitrogen and oxygen atoms in total. The minimum atomic E-state index is -0.320. The summed E-state index contributed by atoms with van der Waals surface area (Å²) < 4.78 is 13.7. The van der Waals surface area contributed by atoms with E-state index in [1.54, 1.807) is 13.0 Å². The fourth-order valence-electron chi connectivity index (χ4n) is 2.31. The largest absolute Gasteiger partial charge is 0.324 e. The van der Waals surface area contributed by atoms with Crippen molar-refractivity contribution in [3.8, 4) is 0 Å². The number of nitrogens with one attached hydrogen (secondary N) is 2. The van der Waals surface area contributed by atoms with Crippen LogP contribution >= 0.6 is 15.9 Å². The van der Waals surface area contributed by atoms with E-state index in [9.17, 15) is 9.18 Å². The van der Waals surface area contributed by atoms with Crippen molar-refractivity contribution >= 4 is 27.5 Å². The van der Waals surface area contributed by atoms with Crippen LogP contribution in [0.1, 0.15) is 25.3 Å². The number of anilines is 1. The van der Waals surface area contributed by atoms with Gasteiger partial charge in [-0.1, -0.05) is 6.92 Å². The van der Waals surface area contributed by atoms with Crippen molar-refractivity contribution in [2.45, 2.75) is 32.7 Å². The van der Waals surface area contributed by atoms with Gasteiger partial charge < -0.3 is 10.6 Å². The van der Waals surface area contributed by atoms with Gasteiger partial charge in [-0.3, -0.25) is 4.79 Å². The van der Waals surface area contributed by atoms with Crippen molar-refractivity contribution < 1.29 is 9.18 Å². The van der Waals surface area contributed by atoms with Crippen molar-refractivity contribution in [3.05, 3.63) is 28.0 Å². The van der Waals surface area contributed by atoms with Gasteiger partial charge in [0.25, 0.3) is 0 Å². The van der Waals surface area contributed by atoms with Gasteiger partial charge in [-0.05, 0) is 65.9 Å². The normalized spacial score (nSPS) is 23.2. The summed E-state index contributed by atoms with van der Waals surface area (Å²) in [6, 6.07) is 2.86. The highest BCUT2D eigenvalue weighted by Gasteiger charge is 2.24. The maximum absolute atomic E-state index is 13.3. The molecule has 2 unspecified atom stereocenters. The molecule has 1 aliphatic heterocycles. The molecule has 19 heavy (non-hydrogen) atoms. The summed E-state index contributed by atoms with van der Waals surface area (Å²) in [5, 5.41) is 6.09. The third-order valence-electron chi connectivity index (χ3n) is 3.51. The topological polar surface area (TPSA) is 41.1 Å². The summed E-state index contributed by atoms with van der Waals surface area (Å²) in [5.41, 5.74) is 1.37. The van der Waals surface area contributed by atoms with Gasteiger partial charge in [-0.2, -0.15) is 0 Å². The van der Waals surface area contributed by atoms with E-state index in [1.807, 2.05) is 0 Å². The molecule has 0 bridgehead atoms. The van der Waals surface area contributed by atoms with Crippen LogP contribution in [-0.2, 0) is 4.79 Å². The molecule has 0 aromatic heterocycles. The molecule has 1 aromatic carbocycles. The number of amides is 1. The molecule has 1 fully saturated rings. The van der Waals surface area contributed by atoms with E-state index in [0.29, 0.717) is 16.1 Å². The van der Waals surface area contributed by atoms with Crippen LogP contribution in [-0.4, -0.2) is 18.5 Å². The van der Waals surface area contributed by atoms with Crippen molar-refractivity contribution in [1.82, 2.24) is 5.32 Å². The number of carbonyl (C=O) groups is 1. The Labute approximate surface area is 121 Å². The molecule has 2 atom stereocenters. The molecule has 0 saturated carbocycles. The van der Waals surface area contributed by atoms with Crippen molar-refractivity contribution in [2.24, 2.45) is 5.92 Å². The second-order valence-corrected chi connectivity index (χ2v) is 6.06. The van der Waals surface area contributed by atoms with Crippen LogP contribution in [0.2, 0.25) is 0 Å². The molecule has 2 rings (SSSR count). The summed E-state index contributed by atoms with van der Waals surface area (Å²) in [5.74, 6) is 0.186. The van der Waals surface area contributed by atoms with Crippen LogP contribution in [0.3, 0.4) is 0 Å². The number of aryl methyl sites for hydroxylation is 1. The van der Waals surface area contributed by atoms with Crippen LogP contribution in [0.5, 0.6) is 0 Å². The Kier molecular flexibility index (Phi) is 4.58. The molecule has 1 aliphatic rings. The highest BCUT2D eigenvalue weighted by atomic mass is 79.9. The lowest BCUT2D eigenvalue weighted by atomic mass is 9.94. The third-order valence-corrected chi connectivity index (χ3v) is 4.12. The van der Waals surface area contributed by atoms with Crippen LogP contribution in [0.25, 0.3) is 0 Å². The minimum absolute atomic E-state index is 0.0480. The van der Waals surface area contributed by atoms with Gasteiger partial charge in [0.1, 0.15) is 5.82 Å². The molecule has 0 spiro atoms. The van der Waals surface area contributed by atoms with Crippen molar-refractivity contribution in [1.29, 1.82) is 0 Å². The average Bonchev–Trinajstić information content (AvgIpc) is 2.36. The van der Waals surface area contributed by atoms with Crippen LogP contribution in [0.15, 0.2) is 16.6 Å². The van der Waals surface area contributed by atoms with E-state index >= 15 is 0 Å². The second kappa shape index (κ2) is 6.01. The van der Waals surface area contributed by atoms with E-state index < -0.39 is 0 Å². The maximum Gasteiger partial charge on any atom is 0.241 e. The molecular formula is C14H18BrFN2O. The van der Waals surface area contributed by atoms with E-state index in [0.717, 1.165) is 24.9 Å². The molecule has 1 heterocycles. The van der Waals surface area contributed by atoms with E-state index in [1.165, 1.54) is 6.07 Å². The highest BCUT2D eigenvalue weighted by molar-refractivity contribution is 9.10. The Morgan fingerprint density at radius 1 is 1.53 bits per heavy atom. The number of piperidine rings is 1. The zero-order valence-electron chi connectivity index (χ0n) is 11.1. The quantitative estimate of drug-likeness (QED) is 0.875. The van der Waals surface area contributed by atoms with Gasteiger partial charge in [0.05, 0.1) is 10.5 Å². The minimum Gasteiger partial charge on any atom is -0.324 e.